The second kappa shape index (κ2) is 6.96. The van der Waals surface area contributed by atoms with Crippen molar-refractivity contribution in [3.05, 3.63) is 47.9 Å². The summed E-state index contributed by atoms with van der Waals surface area (Å²) in [5, 5.41) is 19.0. The van der Waals surface area contributed by atoms with Crippen molar-refractivity contribution in [1.82, 2.24) is 24.6 Å². The summed E-state index contributed by atoms with van der Waals surface area (Å²) in [7, 11) is 1.83. The summed E-state index contributed by atoms with van der Waals surface area (Å²) >= 11 is 0. The molecule has 0 aliphatic carbocycles. The molecule has 4 rings (SSSR count). The molecular formula is C19H22N6O2. The first kappa shape index (κ1) is 17.4. The van der Waals surface area contributed by atoms with Crippen LogP contribution in [0, 0.1) is 6.92 Å². The number of amides is 1. The maximum atomic E-state index is 12.6. The third-order valence-corrected chi connectivity index (χ3v) is 4.92. The van der Waals surface area contributed by atoms with E-state index in [1.807, 2.05) is 32.2 Å². The van der Waals surface area contributed by atoms with Gasteiger partial charge in [0, 0.05) is 25.7 Å². The predicted molar refractivity (Wildman–Crippen MR) is 101 cm³/mol. The monoisotopic (exact) mass is 366 g/mol. The van der Waals surface area contributed by atoms with Gasteiger partial charge in [0.2, 0.25) is 0 Å². The second-order valence-electron chi connectivity index (χ2n) is 6.85. The number of aryl methyl sites for hydroxylation is 2. The lowest BCUT2D eigenvalue weighted by Gasteiger charge is -2.36. The predicted octanol–water partition coefficient (Wildman–Crippen LogP) is 1.36. The van der Waals surface area contributed by atoms with Gasteiger partial charge in [-0.15, -0.1) is 0 Å². The summed E-state index contributed by atoms with van der Waals surface area (Å²) in [4.78, 5) is 23.2. The smallest absolute Gasteiger partial charge is 0.253 e. The van der Waals surface area contributed by atoms with E-state index in [4.69, 9.17) is 0 Å². The Hall–Kier alpha value is -3.00. The number of nitrogens with one attached hydrogen (secondary N) is 1. The Labute approximate surface area is 156 Å². The number of rotatable bonds is 3. The van der Waals surface area contributed by atoms with Crippen LogP contribution in [-0.2, 0) is 7.05 Å². The van der Waals surface area contributed by atoms with Gasteiger partial charge in [-0.1, -0.05) is 18.2 Å². The zero-order valence-electron chi connectivity index (χ0n) is 15.3. The van der Waals surface area contributed by atoms with E-state index >= 15 is 0 Å². The molecule has 3 aromatic rings. The Balaban J connectivity index is 1.49. The van der Waals surface area contributed by atoms with Crippen LogP contribution in [0.15, 0.2) is 36.5 Å². The summed E-state index contributed by atoms with van der Waals surface area (Å²) in [6, 6.07) is 8.96. The number of anilines is 1. The average Bonchev–Trinajstić information content (AvgIpc) is 3.04. The molecule has 140 valence electrons. The number of hydrogen-bond acceptors (Lipinski definition) is 6. The Morgan fingerprint density at radius 1 is 1.26 bits per heavy atom. The van der Waals surface area contributed by atoms with Gasteiger partial charge in [-0.05, 0) is 25.5 Å². The lowest BCUT2D eigenvalue weighted by Crippen LogP contribution is -2.51. The first-order chi connectivity index (χ1) is 13.0. The number of aliphatic hydroxyl groups is 1. The molecule has 0 spiro atoms. The summed E-state index contributed by atoms with van der Waals surface area (Å²) in [6.07, 6.45) is 1.66. The zero-order chi connectivity index (χ0) is 19.0. The first-order valence-electron chi connectivity index (χ1n) is 8.98. The number of carbonyl (C=O) groups is 1. The van der Waals surface area contributed by atoms with Gasteiger partial charge in [0.25, 0.3) is 5.91 Å². The van der Waals surface area contributed by atoms with Gasteiger partial charge in [-0.25, -0.2) is 9.97 Å². The standard InChI is InChI=1S/C19H22N6O2/c1-12-21-17(14-10-20-24(2)18(14)22-12)23-15-8-9-25(11-16(15)26)19(27)13-6-4-3-5-7-13/h3-7,10,15-16,26H,8-9,11H2,1-2H3,(H,21,22,23)/t15-,16-/m1/s1. The van der Waals surface area contributed by atoms with Crippen LogP contribution in [0.2, 0.25) is 0 Å². The highest BCUT2D eigenvalue weighted by atomic mass is 16.3. The molecule has 1 aromatic carbocycles. The van der Waals surface area contributed by atoms with Crippen molar-refractivity contribution >= 4 is 22.8 Å². The maximum absolute atomic E-state index is 12.6. The number of aliphatic hydroxyl groups excluding tert-OH is 1. The Morgan fingerprint density at radius 3 is 2.78 bits per heavy atom. The normalized spacial score (nSPS) is 20.0. The number of aromatic nitrogens is 4. The number of hydrogen-bond donors (Lipinski definition) is 2. The molecule has 0 bridgehead atoms. The number of nitrogens with zero attached hydrogens (tertiary/aromatic N) is 5. The Kier molecular flexibility index (Phi) is 4.49. The Bertz CT molecular complexity index is 971. The molecule has 27 heavy (non-hydrogen) atoms. The van der Waals surface area contributed by atoms with Gasteiger partial charge in [-0.2, -0.15) is 5.10 Å². The van der Waals surface area contributed by atoms with E-state index in [1.54, 1.807) is 27.9 Å². The minimum Gasteiger partial charge on any atom is -0.389 e. The summed E-state index contributed by atoms with van der Waals surface area (Å²) in [5.41, 5.74) is 1.38. The van der Waals surface area contributed by atoms with E-state index in [1.165, 1.54) is 0 Å². The first-order valence-corrected chi connectivity index (χ1v) is 8.98. The van der Waals surface area contributed by atoms with Gasteiger partial charge in [0.05, 0.1) is 23.7 Å². The molecule has 1 amide bonds. The fraction of sp³-hybridized carbons (Fsp3) is 0.368. The molecule has 2 aromatic heterocycles. The number of carbonyl (C=O) groups excluding carboxylic acids is 1. The van der Waals surface area contributed by atoms with Crippen molar-refractivity contribution in [3.8, 4) is 0 Å². The van der Waals surface area contributed by atoms with Crippen molar-refractivity contribution in [3.63, 3.8) is 0 Å². The van der Waals surface area contributed by atoms with Crippen LogP contribution in [0.1, 0.15) is 22.6 Å². The van der Waals surface area contributed by atoms with Crippen LogP contribution in [0.4, 0.5) is 5.82 Å². The summed E-state index contributed by atoms with van der Waals surface area (Å²) in [6.45, 7) is 2.68. The van der Waals surface area contributed by atoms with Gasteiger partial charge in [0.15, 0.2) is 5.65 Å². The molecule has 2 atom stereocenters. The van der Waals surface area contributed by atoms with E-state index in [-0.39, 0.29) is 18.5 Å². The van der Waals surface area contributed by atoms with Crippen LogP contribution >= 0.6 is 0 Å². The fourth-order valence-electron chi connectivity index (χ4n) is 3.46. The molecule has 1 saturated heterocycles. The molecule has 0 saturated carbocycles. The van der Waals surface area contributed by atoms with E-state index in [2.05, 4.69) is 20.4 Å². The van der Waals surface area contributed by atoms with E-state index < -0.39 is 6.10 Å². The van der Waals surface area contributed by atoms with Gasteiger partial charge >= 0.3 is 0 Å². The third kappa shape index (κ3) is 3.35. The number of piperidine rings is 1. The highest BCUT2D eigenvalue weighted by Gasteiger charge is 2.31. The lowest BCUT2D eigenvalue weighted by molar-refractivity contribution is 0.0426. The minimum atomic E-state index is -0.687. The van der Waals surface area contributed by atoms with Crippen LogP contribution in [0.5, 0.6) is 0 Å². The second-order valence-corrected chi connectivity index (χ2v) is 6.85. The van der Waals surface area contributed by atoms with Crippen LogP contribution in [0.3, 0.4) is 0 Å². The van der Waals surface area contributed by atoms with Crippen LogP contribution < -0.4 is 5.32 Å². The Morgan fingerprint density at radius 2 is 2.04 bits per heavy atom. The van der Waals surface area contributed by atoms with E-state index in [0.29, 0.717) is 30.2 Å². The molecule has 0 radical (unpaired) electrons. The van der Waals surface area contributed by atoms with Crippen molar-refractivity contribution in [2.24, 2.45) is 7.05 Å². The highest BCUT2D eigenvalue weighted by Crippen LogP contribution is 2.23. The SMILES string of the molecule is Cc1nc(N[C@@H]2CCN(C(=O)c3ccccc3)C[C@H]2O)c2cnn(C)c2n1. The van der Waals surface area contributed by atoms with Crippen LogP contribution in [0.25, 0.3) is 11.0 Å². The molecule has 1 aliphatic rings. The van der Waals surface area contributed by atoms with Gasteiger partial charge in [-0.3, -0.25) is 9.48 Å². The van der Waals surface area contributed by atoms with Crippen molar-refractivity contribution < 1.29 is 9.90 Å². The molecule has 1 fully saturated rings. The average molecular weight is 366 g/mol. The minimum absolute atomic E-state index is 0.0550. The summed E-state index contributed by atoms with van der Waals surface area (Å²) < 4.78 is 1.70. The van der Waals surface area contributed by atoms with Crippen molar-refractivity contribution in [2.45, 2.75) is 25.5 Å². The van der Waals surface area contributed by atoms with E-state index in [0.717, 1.165) is 11.0 Å². The maximum Gasteiger partial charge on any atom is 0.253 e. The molecule has 2 N–H and O–H groups in total. The number of β-amino-alcohol motifs (C(OH)–C–C–N with tert-alkyl or cyclic N) is 1. The van der Waals surface area contributed by atoms with Gasteiger partial charge < -0.3 is 15.3 Å². The topological polar surface area (TPSA) is 96.2 Å². The number of fused-ring (bicyclic) bond motifs is 1. The molecule has 8 nitrogen and oxygen atoms in total. The van der Waals surface area contributed by atoms with Crippen LogP contribution in [-0.4, -0.2) is 60.9 Å². The molecule has 1 aliphatic heterocycles. The lowest BCUT2D eigenvalue weighted by atomic mass is 10.0. The fourth-order valence-corrected chi connectivity index (χ4v) is 3.46. The molecule has 8 heteroatoms. The van der Waals surface area contributed by atoms with Crippen molar-refractivity contribution in [1.29, 1.82) is 0 Å². The number of benzene rings is 1. The zero-order valence-corrected chi connectivity index (χ0v) is 15.3. The third-order valence-electron chi connectivity index (χ3n) is 4.92. The number of likely N-dealkylation sites (tertiary alicyclic amines) is 1. The summed E-state index contributed by atoms with van der Waals surface area (Å²) in [5.74, 6) is 1.25. The highest BCUT2D eigenvalue weighted by molar-refractivity contribution is 5.94. The largest absolute Gasteiger partial charge is 0.389 e. The van der Waals surface area contributed by atoms with Gasteiger partial charge in [0.1, 0.15) is 11.6 Å². The van der Waals surface area contributed by atoms with Crippen molar-refractivity contribution in [2.75, 3.05) is 18.4 Å². The molecular weight excluding hydrogens is 344 g/mol. The molecule has 0 unspecified atom stereocenters. The quantitative estimate of drug-likeness (QED) is 0.727. The molecule has 3 heterocycles. The van der Waals surface area contributed by atoms with E-state index in [9.17, 15) is 9.90 Å².